The first-order valence-corrected chi connectivity index (χ1v) is 11.6. The summed E-state index contributed by atoms with van der Waals surface area (Å²) in [5, 5.41) is 2.92. The SMILES string of the molecule is O=C(COC(=O)c1ccc(N2C(=O)[C@H]3[C@H](C2=O)[C@H]2C=C[C@H]3C2)cc1)Nc1ccc(Br)cc1Cl. The van der Waals surface area contributed by atoms with Gasteiger partial charge in [-0.3, -0.25) is 19.3 Å². The molecule has 3 aliphatic rings. The van der Waals surface area contributed by atoms with Gasteiger partial charge >= 0.3 is 5.97 Å². The van der Waals surface area contributed by atoms with Gasteiger partial charge in [0.05, 0.1) is 33.8 Å². The number of esters is 1. The van der Waals surface area contributed by atoms with Crippen LogP contribution in [0.25, 0.3) is 0 Å². The Balaban J connectivity index is 1.20. The van der Waals surface area contributed by atoms with E-state index in [0.29, 0.717) is 16.4 Å². The number of halogens is 2. The van der Waals surface area contributed by atoms with E-state index in [9.17, 15) is 19.2 Å². The minimum atomic E-state index is -0.697. The molecule has 5 rings (SSSR count). The molecule has 1 saturated heterocycles. The van der Waals surface area contributed by atoms with Gasteiger partial charge in [-0.15, -0.1) is 0 Å². The van der Waals surface area contributed by atoms with E-state index in [4.69, 9.17) is 16.3 Å². The van der Waals surface area contributed by atoms with Gasteiger partial charge in [-0.1, -0.05) is 39.7 Å². The van der Waals surface area contributed by atoms with Gasteiger partial charge < -0.3 is 10.1 Å². The van der Waals surface area contributed by atoms with Crippen LogP contribution in [-0.2, 0) is 19.1 Å². The number of allylic oxidation sites excluding steroid dienone is 2. The highest BCUT2D eigenvalue weighted by Gasteiger charge is 2.59. The summed E-state index contributed by atoms with van der Waals surface area (Å²) in [7, 11) is 0. The third-order valence-corrected chi connectivity index (χ3v) is 7.18. The van der Waals surface area contributed by atoms with Gasteiger partial charge in [0.15, 0.2) is 6.61 Å². The lowest BCUT2D eigenvalue weighted by Gasteiger charge is -2.17. The third kappa shape index (κ3) is 3.87. The lowest BCUT2D eigenvalue weighted by molar-refractivity contribution is -0.123. The minimum absolute atomic E-state index is 0.133. The highest BCUT2D eigenvalue weighted by Crippen LogP contribution is 2.53. The molecule has 2 aromatic rings. The van der Waals surface area contributed by atoms with Crippen LogP contribution in [0.2, 0.25) is 5.02 Å². The fourth-order valence-electron chi connectivity index (χ4n) is 4.89. The molecular formula is C24H18BrClN2O5. The molecule has 1 heterocycles. The van der Waals surface area contributed by atoms with E-state index in [-0.39, 0.29) is 41.0 Å². The van der Waals surface area contributed by atoms with Crippen molar-refractivity contribution in [3.63, 3.8) is 0 Å². The number of nitrogens with zero attached hydrogens (tertiary/aromatic N) is 1. The second kappa shape index (κ2) is 8.43. The molecule has 7 nitrogen and oxygen atoms in total. The number of rotatable bonds is 5. The Morgan fingerprint density at radius 3 is 2.27 bits per heavy atom. The van der Waals surface area contributed by atoms with Crippen LogP contribution in [0.1, 0.15) is 16.8 Å². The molecular weight excluding hydrogens is 512 g/mol. The molecule has 2 fully saturated rings. The van der Waals surface area contributed by atoms with Crippen molar-refractivity contribution in [3.8, 4) is 0 Å². The average molecular weight is 530 g/mol. The van der Waals surface area contributed by atoms with Crippen LogP contribution in [-0.4, -0.2) is 30.3 Å². The van der Waals surface area contributed by atoms with Crippen LogP contribution in [0.5, 0.6) is 0 Å². The average Bonchev–Trinajstić information content (AvgIpc) is 3.48. The number of carbonyl (C=O) groups excluding carboxylic acids is 4. The van der Waals surface area contributed by atoms with E-state index in [1.165, 1.54) is 17.0 Å². The zero-order chi connectivity index (χ0) is 23.3. The molecule has 33 heavy (non-hydrogen) atoms. The maximum atomic E-state index is 12.9. The van der Waals surface area contributed by atoms with Crippen molar-refractivity contribution in [1.29, 1.82) is 0 Å². The van der Waals surface area contributed by atoms with E-state index >= 15 is 0 Å². The second-order valence-corrected chi connectivity index (χ2v) is 9.63. The van der Waals surface area contributed by atoms with Gasteiger partial charge in [-0.25, -0.2) is 4.79 Å². The smallest absolute Gasteiger partial charge is 0.338 e. The summed E-state index contributed by atoms with van der Waals surface area (Å²) >= 11 is 9.35. The highest BCUT2D eigenvalue weighted by atomic mass is 79.9. The number of imide groups is 1. The van der Waals surface area contributed by atoms with Crippen LogP contribution < -0.4 is 10.2 Å². The molecule has 9 heteroatoms. The summed E-state index contributed by atoms with van der Waals surface area (Å²) in [5.41, 5.74) is 1.03. The summed E-state index contributed by atoms with van der Waals surface area (Å²) < 4.78 is 5.84. The molecule has 168 valence electrons. The van der Waals surface area contributed by atoms with E-state index in [2.05, 4.69) is 21.2 Å². The summed E-state index contributed by atoms with van der Waals surface area (Å²) in [4.78, 5) is 51.5. The van der Waals surface area contributed by atoms with Crippen molar-refractivity contribution in [1.82, 2.24) is 0 Å². The van der Waals surface area contributed by atoms with E-state index in [1.54, 1.807) is 30.3 Å². The molecule has 4 atom stereocenters. The number of hydrogen-bond acceptors (Lipinski definition) is 5. The number of nitrogens with one attached hydrogen (secondary N) is 1. The Morgan fingerprint density at radius 1 is 1.03 bits per heavy atom. The summed E-state index contributed by atoms with van der Waals surface area (Å²) in [6, 6.07) is 11.0. The lowest BCUT2D eigenvalue weighted by atomic mass is 9.85. The van der Waals surface area contributed by atoms with Crippen LogP contribution in [0.15, 0.2) is 59.1 Å². The van der Waals surface area contributed by atoms with Crippen LogP contribution in [0, 0.1) is 23.7 Å². The first-order chi connectivity index (χ1) is 15.8. The van der Waals surface area contributed by atoms with Crippen molar-refractivity contribution in [2.75, 3.05) is 16.8 Å². The maximum Gasteiger partial charge on any atom is 0.338 e. The fourth-order valence-corrected chi connectivity index (χ4v) is 5.62. The van der Waals surface area contributed by atoms with Crippen LogP contribution in [0.3, 0.4) is 0 Å². The summed E-state index contributed by atoms with van der Waals surface area (Å²) in [6.45, 7) is -0.491. The van der Waals surface area contributed by atoms with Gasteiger partial charge in [-0.2, -0.15) is 0 Å². The number of anilines is 2. The summed E-state index contributed by atoms with van der Waals surface area (Å²) in [5.74, 6) is -1.89. The van der Waals surface area contributed by atoms with Crippen molar-refractivity contribution >= 4 is 62.6 Å². The number of amides is 3. The van der Waals surface area contributed by atoms with Crippen molar-refractivity contribution in [2.24, 2.45) is 23.7 Å². The zero-order valence-electron chi connectivity index (χ0n) is 17.2. The van der Waals surface area contributed by atoms with E-state index in [0.717, 1.165) is 10.9 Å². The van der Waals surface area contributed by atoms with Crippen LogP contribution in [0.4, 0.5) is 11.4 Å². The van der Waals surface area contributed by atoms with Gasteiger partial charge in [0, 0.05) is 4.47 Å². The van der Waals surface area contributed by atoms with Gasteiger partial charge in [0.2, 0.25) is 11.8 Å². The molecule has 1 saturated carbocycles. The minimum Gasteiger partial charge on any atom is -0.452 e. The van der Waals surface area contributed by atoms with Crippen molar-refractivity contribution in [3.05, 3.63) is 69.7 Å². The number of hydrogen-bond donors (Lipinski definition) is 1. The first-order valence-electron chi connectivity index (χ1n) is 10.4. The Hall–Kier alpha value is -2.97. The predicted molar refractivity (Wildman–Crippen MR) is 125 cm³/mol. The Bertz CT molecular complexity index is 1180. The van der Waals surface area contributed by atoms with Gasteiger partial charge in [0.25, 0.3) is 5.91 Å². The largest absolute Gasteiger partial charge is 0.452 e. The molecule has 0 aromatic heterocycles. The Kier molecular flexibility index (Phi) is 5.58. The maximum absolute atomic E-state index is 12.9. The van der Waals surface area contributed by atoms with Gasteiger partial charge in [0.1, 0.15) is 0 Å². The zero-order valence-corrected chi connectivity index (χ0v) is 19.5. The van der Waals surface area contributed by atoms with E-state index in [1.807, 2.05) is 12.2 Å². The molecule has 0 unspecified atom stereocenters. The number of fused-ring (bicyclic) bond motifs is 5. The number of ether oxygens (including phenoxy) is 1. The standard InChI is InChI=1S/C24H18BrClN2O5/c25-15-5-8-18(17(26)10-15)27-19(29)11-33-24(32)12-3-6-16(7-4-12)28-22(30)20-13-1-2-14(9-13)21(20)23(28)31/h1-8,10,13-14,20-21H,9,11H2,(H,27,29)/t13-,14-,20+,21+/m0/s1. The molecule has 3 amide bonds. The molecule has 2 aromatic carbocycles. The molecule has 0 spiro atoms. The first kappa shape index (κ1) is 21.9. The normalized spacial score (nSPS) is 24.8. The second-order valence-electron chi connectivity index (χ2n) is 8.31. The molecule has 2 aliphatic carbocycles. The molecule has 1 aliphatic heterocycles. The topological polar surface area (TPSA) is 92.8 Å². The van der Waals surface area contributed by atoms with E-state index < -0.39 is 18.5 Å². The monoisotopic (exact) mass is 528 g/mol. The fraction of sp³-hybridized carbons (Fsp3) is 0.250. The number of benzene rings is 2. The lowest BCUT2D eigenvalue weighted by Crippen LogP contribution is -2.32. The number of carbonyl (C=O) groups is 4. The van der Waals surface area contributed by atoms with Crippen molar-refractivity contribution < 1.29 is 23.9 Å². The van der Waals surface area contributed by atoms with Crippen molar-refractivity contribution in [2.45, 2.75) is 6.42 Å². The molecule has 0 radical (unpaired) electrons. The highest BCUT2D eigenvalue weighted by molar-refractivity contribution is 9.10. The predicted octanol–water partition coefficient (Wildman–Crippen LogP) is 4.21. The molecule has 2 bridgehead atoms. The van der Waals surface area contributed by atoms with Gasteiger partial charge in [-0.05, 0) is 60.7 Å². The summed E-state index contributed by atoms with van der Waals surface area (Å²) in [6.07, 6.45) is 4.95. The van der Waals surface area contributed by atoms with Crippen LogP contribution >= 0.6 is 27.5 Å². The molecule has 1 N–H and O–H groups in total. The third-order valence-electron chi connectivity index (χ3n) is 6.37. The Morgan fingerprint density at radius 2 is 1.67 bits per heavy atom. The quantitative estimate of drug-likeness (QED) is 0.356. The Labute approximate surface area is 202 Å².